The molecule has 1 aromatic heterocycles. The molecule has 3 rings (SSSR count). The summed E-state index contributed by atoms with van der Waals surface area (Å²) >= 11 is 0. The lowest BCUT2D eigenvalue weighted by Crippen LogP contribution is -2.14. The summed E-state index contributed by atoms with van der Waals surface area (Å²) in [5, 5.41) is 3.81. The standard InChI is InChI=1S/C17H15N3O/c1-11-7-8-14(18)13(10-11)17(21)20-16-6-2-5-15-12(16)4-3-9-19-15/h2-10H,18H2,1H3,(H,20,21). The molecule has 0 spiro atoms. The Morgan fingerprint density at radius 2 is 2.00 bits per heavy atom. The molecule has 0 atom stereocenters. The first kappa shape index (κ1) is 13.1. The minimum Gasteiger partial charge on any atom is -0.398 e. The van der Waals surface area contributed by atoms with E-state index >= 15 is 0 Å². The summed E-state index contributed by atoms with van der Waals surface area (Å²) in [6.45, 7) is 1.93. The number of nitrogens with two attached hydrogens (primary N) is 1. The van der Waals surface area contributed by atoms with E-state index in [1.165, 1.54) is 0 Å². The third kappa shape index (κ3) is 2.56. The molecule has 0 aliphatic rings. The lowest BCUT2D eigenvalue weighted by Gasteiger charge is -2.10. The van der Waals surface area contributed by atoms with Gasteiger partial charge in [-0.3, -0.25) is 9.78 Å². The van der Waals surface area contributed by atoms with Gasteiger partial charge in [0.25, 0.3) is 5.91 Å². The summed E-state index contributed by atoms with van der Waals surface area (Å²) in [6, 6.07) is 14.8. The number of aromatic nitrogens is 1. The van der Waals surface area contributed by atoms with Crippen LogP contribution in [0, 0.1) is 6.92 Å². The van der Waals surface area contributed by atoms with Crippen LogP contribution in [0.4, 0.5) is 11.4 Å². The first-order valence-corrected chi connectivity index (χ1v) is 6.66. The van der Waals surface area contributed by atoms with Gasteiger partial charge in [-0.05, 0) is 43.3 Å². The fourth-order valence-corrected chi connectivity index (χ4v) is 2.27. The first-order valence-electron chi connectivity index (χ1n) is 6.66. The molecule has 1 heterocycles. The number of anilines is 2. The molecule has 4 heteroatoms. The van der Waals surface area contributed by atoms with E-state index in [9.17, 15) is 4.79 Å². The van der Waals surface area contributed by atoms with Crippen LogP contribution >= 0.6 is 0 Å². The van der Waals surface area contributed by atoms with Gasteiger partial charge in [0.2, 0.25) is 0 Å². The van der Waals surface area contributed by atoms with Crippen LogP contribution in [0.1, 0.15) is 15.9 Å². The van der Waals surface area contributed by atoms with E-state index in [2.05, 4.69) is 10.3 Å². The van der Waals surface area contributed by atoms with E-state index < -0.39 is 0 Å². The first-order chi connectivity index (χ1) is 10.1. The second-order valence-corrected chi connectivity index (χ2v) is 4.92. The molecule has 0 radical (unpaired) electrons. The van der Waals surface area contributed by atoms with E-state index in [4.69, 9.17) is 5.73 Å². The average molecular weight is 277 g/mol. The number of nitrogen functional groups attached to an aromatic ring is 1. The van der Waals surface area contributed by atoms with E-state index in [0.29, 0.717) is 11.3 Å². The summed E-state index contributed by atoms with van der Waals surface area (Å²) in [6.07, 6.45) is 1.73. The maximum atomic E-state index is 12.4. The summed E-state index contributed by atoms with van der Waals surface area (Å²) < 4.78 is 0. The van der Waals surface area contributed by atoms with Gasteiger partial charge in [0.05, 0.1) is 16.8 Å². The third-order valence-corrected chi connectivity index (χ3v) is 3.35. The second-order valence-electron chi connectivity index (χ2n) is 4.92. The Bertz CT molecular complexity index is 822. The molecule has 0 fully saturated rings. The van der Waals surface area contributed by atoms with Crippen LogP contribution in [0.3, 0.4) is 0 Å². The van der Waals surface area contributed by atoms with E-state index in [1.54, 1.807) is 18.3 Å². The van der Waals surface area contributed by atoms with Crippen molar-refractivity contribution in [2.45, 2.75) is 6.92 Å². The van der Waals surface area contributed by atoms with Gasteiger partial charge in [-0.25, -0.2) is 0 Å². The predicted molar refractivity (Wildman–Crippen MR) is 85.3 cm³/mol. The van der Waals surface area contributed by atoms with Crippen LogP contribution in [-0.2, 0) is 0 Å². The van der Waals surface area contributed by atoms with Gasteiger partial charge < -0.3 is 11.1 Å². The molecule has 0 aliphatic carbocycles. The van der Waals surface area contributed by atoms with Crippen molar-refractivity contribution in [1.29, 1.82) is 0 Å². The SMILES string of the molecule is Cc1ccc(N)c(C(=O)Nc2cccc3ncccc23)c1. The monoisotopic (exact) mass is 277 g/mol. The Balaban J connectivity index is 1.99. The maximum Gasteiger partial charge on any atom is 0.257 e. The van der Waals surface area contributed by atoms with Gasteiger partial charge in [0, 0.05) is 17.3 Å². The number of hydrogen-bond acceptors (Lipinski definition) is 3. The average Bonchev–Trinajstić information content (AvgIpc) is 2.50. The van der Waals surface area contributed by atoms with E-state index in [0.717, 1.165) is 22.2 Å². The smallest absolute Gasteiger partial charge is 0.257 e. The van der Waals surface area contributed by atoms with Crippen molar-refractivity contribution in [3.05, 3.63) is 65.9 Å². The zero-order valence-corrected chi connectivity index (χ0v) is 11.6. The number of pyridine rings is 1. The zero-order chi connectivity index (χ0) is 14.8. The number of fused-ring (bicyclic) bond motifs is 1. The fraction of sp³-hybridized carbons (Fsp3) is 0.0588. The molecule has 104 valence electrons. The summed E-state index contributed by atoms with van der Waals surface area (Å²) in [5.41, 5.74) is 9.40. The molecule has 0 saturated carbocycles. The Labute approximate surface area is 122 Å². The van der Waals surface area contributed by atoms with Crippen molar-refractivity contribution >= 4 is 28.2 Å². The van der Waals surface area contributed by atoms with Crippen molar-refractivity contribution in [2.24, 2.45) is 0 Å². The Morgan fingerprint density at radius 1 is 1.14 bits per heavy atom. The fourth-order valence-electron chi connectivity index (χ4n) is 2.27. The normalized spacial score (nSPS) is 10.5. The molecule has 0 aliphatic heterocycles. The largest absolute Gasteiger partial charge is 0.398 e. The Morgan fingerprint density at radius 3 is 2.86 bits per heavy atom. The van der Waals surface area contributed by atoms with E-state index in [1.807, 2.05) is 43.3 Å². The Hall–Kier alpha value is -2.88. The van der Waals surface area contributed by atoms with Crippen LogP contribution in [-0.4, -0.2) is 10.9 Å². The highest BCUT2D eigenvalue weighted by molar-refractivity contribution is 6.11. The number of carbonyl (C=O) groups excluding carboxylic acids is 1. The van der Waals surface area contributed by atoms with Crippen LogP contribution in [0.2, 0.25) is 0 Å². The number of amides is 1. The lowest BCUT2D eigenvalue weighted by atomic mass is 10.1. The highest BCUT2D eigenvalue weighted by atomic mass is 16.1. The predicted octanol–water partition coefficient (Wildman–Crippen LogP) is 3.38. The van der Waals surface area contributed by atoms with Gasteiger partial charge in [-0.15, -0.1) is 0 Å². The number of hydrogen-bond donors (Lipinski definition) is 2. The van der Waals surface area contributed by atoms with E-state index in [-0.39, 0.29) is 5.91 Å². The van der Waals surface area contributed by atoms with Gasteiger partial charge in [0.15, 0.2) is 0 Å². The molecule has 0 bridgehead atoms. The molecule has 2 aromatic carbocycles. The molecule has 3 aromatic rings. The minimum atomic E-state index is -0.215. The van der Waals surface area contributed by atoms with Crippen LogP contribution in [0.5, 0.6) is 0 Å². The molecule has 0 unspecified atom stereocenters. The Kier molecular flexibility index (Phi) is 3.28. The van der Waals surface area contributed by atoms with Crippen molar-refractivity contribution < 1.29 is 4.79 Å². The van der Waals surface area contributed by atoms with Gasteiger partial charge >= 0.3 is 0 Å². The maximum absolute atomic E-state index is 12.4. The van der Waals surface area contributed by atoms with Crippen molar-refractivity contribution in [1.82, 2.24) is 4.98 Å². The quantitative estimate of drug-likeness (QED) is 0.706. The molecular formula is C17H15N3O. The summed E-state index contributed by atoms with van der Waals surface area (Å²) in [4.78, 5) is 16.7. The minimum absolute atomic E-state index is 0.215. The molecule has 3 N–H and O–H groups in total. The van der Waals surface area contributed by atoms with Crippen LogP contribution < -0.4 is 11.1 Å². The molecule has 21 heavy (non-hydrogen) atoms. The van der Waals surface area contributed by atoms with Gasteiger partial charge in [0.1, 0.15) is 0 Å². The third-order valence-electron chi connectivity index (χ3n) is 3.35. The lowest BCUT2D eigenvalue weighted by molar-refractivity contribution is 0.102. The number of carbonyl (C=O) groups is 1. The molecule has 0 saturated heterocycles. The highest BCUT2D eigenvalue weighted by Gasteiger charge is 2.11. The highest BCUT2D eigenvalue weighted by Crippen LogP contribution is 2.23. The molecule has 4 nitrogen and oxygen atoms in total. The number of nitrogens with one attached hydrogen (secondary N) is 1. The zero-order valence-electron chi connectivity index (χ0n) is 11.6. The van der Waals surface area contributed by atoms with Crippen molar-refractivity contribution in [2.75, 3.05) is 11.1 Å². The number of benzene rings is 2. The van der Waals surface area contributed by atoms with Crippen molar-refractivity contribution in [3.8, 4) is 0 Å². The number of rotatable bonds is 2. The second kappa shape index (κ2) is 5.25. The van der Waals surface area contributed by atoms with Gasteiger partial charge in [-0.1, -0.05) is 17.7 Å². The van der Waals surface area contributed by atoms with Crippen LogP contribution in [0.15, 0.2) is 54.7 Å². The number of nitrogens with zero attached hydrogens (tertiary/aromatic N) is 1. The topological polar surface area (TPSA) is 68.0 Å². The van der Waals surface area contributed by atoms with Gasteiger partial charge in [-0.2, -0.15) is 0 Å². The molecular weight excluding hydrogens is 262 g/mol. The molecule has 1 amide bonds. The summed E-state index contributed by atoms with van der Waals surface area (Å²) in [5.74, 6) is -0.215. The summed E-state index contributed by atoms with van der Waals surface area (Å²) in [7, 11) is 0. The number of aryl methyl sites for hydroxylation is 1. The van der Waals surface area contributed by atoms with Crippen molar-refractivity contribution in [3.63, 3.8) is 0 Å². The van der Waals surface area contributed by atoms with Crippen LogP contribution in [0.25, 0.3) is 10.9 Å².